The van der Waals surface area contributed by atoms with Crippen LogP contribution in [0.25, 0.3) is 78.4 Å². The second kappa shape index (κ2) is 14.5. The third kappa shape index (κ3) is 6.34. The maximum Gasteiger partial charge on any atom is 0.171 e. The number of hydrogen-bond acceptors (Lipinski definition) is 5. The minimum absolute atomic E-state index is 0.555. The van der Waals surface area contributed by atoms with Crippen molar-refractivity contribution in [2.45, 2.75) is 0 Å². The Balaban J connectivity index is 0.951. The van der Waals surface area contributed by atoms with Crippen LogP contribution < -0.4 is 15.9 Å². The van der Waals surface area contributed by atoms with Gasteiger partial charge in [0.25, 0.3) is 0 Å². The number of benzene rings is 8. The van der Waals surface area contributed by atoms with Crippen LogP contribution in [0.1, 0.15) is 0 Å². The lowest BCUT2D eigenvalue weighted by molar-refractivity contribution is 0.592. The molecule has 0 aliphatic heterocycles. The van der Waals surface area contributed by atoms with E-state index >= 15 is 0 Å². The average Bonchev–Trinajstić information content (AvgIpc) is 3.69. The number of nitrogens with zero attached hydrogens (tertiary/aromatic N) is 3. The number of para-hydroxylation sites is 2. The summed E-state index contributed by atoms with van der Waals surface area (Å²) in [6.07, 6.45) is 0. The maximum atomic E-state index is 14.8. The van der Waals surface area contributed by atoms with Crippen LogP contribution in [0.5, 0.6) is 0 Å². The quantitative estimate of drug-likeness (QED) is 0.145. The molecule has 270 valence electrons. The van der Waals surface area contributed by atoms with E-state index in [0.29, 0.717) is 17.5 Å². The summed E-state index contributed by atoms with van der Waals surface area (Å²) in [7, 11) is -3.03. The summed E-state index contributed by atoms with van der Waals surface area (Å²) in [5, 5.41) is 4.55. The Kier molecular flexibility index (Phi) is 8.70. The smallest absolute Gasteiger partial charge is 0.171 e. The first kappa shape index (κ1) is 34.3. The van der Waals surface area contributed by atoms with Gasteiger partial charge >= 0.3 is 0 Å². The van der Waals surface area contributed by atoms with Crippen molar-refractivity contribution < 1.29 is 8.98 Å². The standard InChI is InChI=1S/C51H34N3O2P/c55-57(41-15-6-2-7-16-41,42-17-8-3-9-18-42)43-33-31-38(32-34-43)36-25-23-35(24-26-36)37-27-29-40(30-28-37)50-52-49(39-13-4-1-5-14-39)53-51(54-50)46-21-12-20-45-44-19-10-11-22-47(44)56-48(45)46/h1-34H. The summed E-state index contributed by atoms with van der Waals surface area (Å²) in [5.74, 6) is 1.74. The van der Waals surface area contributed by atoms with Gasteiger partial charge in [0.2, 0.25) is 0 Å². The molecule has 0 bridgehead atoms. The molecule has 0 radical (unpaired) electrons. The Morgan fingerprint density at radius 1 is 0.333 bits per heavy atom. The Morgan fingerprint density at radius 2 is 0.737 bits per heavy atom. The van der Waals surface area contributed by atoms with Gasteiger partial charge in [-0.05, 0) is 34.4 Å². The first-order chi connectivity index (χ1) is 28.1. The third-order valence-electron chi connectivity index (χ3n) is 10.5. The maximum absolute atomic E-state index is 14.8. The SMILES string of the molecule is O=P(c1ccccc1)(c1ccccc1)c1ccc(-c2ccc(-c3ccc(-c4nc(-c5ccccc5)nc(-c5cccc6c5oc5ccccc56)n4)cc3)cc2)cc1. The molecule has 0 N–H and O–H groups in total. The van der Waals surface area contributed by atoms with Crippen molar-refractivity contribution in [2.75, 3.05) is 0 Å². The second-order valence-electron chi connectivity index (χ2n) is 13.9. The summed E-state index contributed by atoms with van der Waals surface area (Å²) in [6, 6.07) is 68.8. The van der Waals surface area contributed by atoms with Crippen molar-refractivity contribution in [1.82, 2.24) is 15.0 Å². The molecule has 0 atom stereocenters. The van der Waals surface area contributed by atoms with Crippen molar-refractivity contribution in [1.29, 1.82) is 0 Å². The Bertz CT molecular complexity index is 3010. The van der Waals surface area contributed by atoms with Crippen LogP contribution in [0.15, 0.2) is 211 Å². The molecule has 10 aromatic rings. The van der Waals surface area contributed by atoms with Gasteiger partial charge in [-0.15, -0.1) is 0 Å². The van der Waals surface area contributed by atoms with Gasteiger partial charge in [0.15, 0.2) is 24.6 Å². The van der Waals surface area contributed by atoms with Crippen molar-refractivity contribution in [3.05, 3.63) is 206 Å². The molecule has 6 heteroatoms. The largest absolute Gasteiger partial charge is 0.455 e. The predicted molar refractivity (Wildman–Crippen MR) is 234 cm³/mol. The zero-order valence-electron chi connectivity index (χ0n) is 30.7. The molecular formula is C51H34N3O2P. The van der Waals surface area contributed by atoms with Gasteiger partial charge in [-0.1, -0.05) is 194 Å². The molecule has 0 fully saturated rings. The van der Waals surface area contributed by atoms with Crippen LogP contribution >= 0.6 is 7.14 Å². The van der Waals surface area contributed by atoms with Gasteiger partial charge in [0.05, 0.1) is 5.56 Å². The number of hydrogen-bond donors (Lipinski definition) is 0. The molecule has 0 aliphatic rings. The Labute approximate surface area is 330 Å². The molecule has 0 aliphatic carbocycles. The highest BCUT2D eigenvalue weighted by Gasteiger charge is 2.29. The molecule has 57 heavy (non-hydrogen) atoms. The van der Waals surface area contributed by atoms with E-state index in [-0.39, 0.29) is 0 Å². The summed E-state index contributed by atoms with van der Waals surface area (Å²) in [5.41, 5.74) is 8.51. The van der Waals surface area contributed by atoms with E-state index in [1.54, 1.807) is 0 Å². The number of furan rings is 1. The van der Waals surface area contributed by atoms with Crippen LogP contribution in [-0.4, -0.2) is 15.0 Å². The molecule has 0 unspecified atom stereocenters. The average molecular weight is 752 g/mol. The molecular weight excluding hydrogens is 718 g/mol. The fourth-order valence-electron chi connectivity index (χ4n) is 7.52. The highest BCUT2D eigenvalue weighted by Crippen LogP contribution is 2.43. The zero-order chi connectivity index (χ0) is 38.2. The minimum Gasteiger partial charge on any atom is -0.455 e. The van der Waals surface area contributed by atoms with E-state index in [1.807, 2.05) is 133 Å². The van der Waals surface area contributed by atoms with E-state index in [0.717, 1.165) is 76.8 Å². The fourth-order valence-corrected chi connectivity index (χ4v) is 10.2. The van der Waals surface area contributed by atoms with Gasteiger partial charge in [0.1, 0.15) is 11.2 Å². The number of aromatic nitrogens is 3. The molecule has 10 rings (SSSR count). The Morgan fingerprint density at radius 3 is 1.30 bits per heavy atom. The van der Waals surface area contributed by atoms with Crippen molar-refractivity contribution >= 4 is 45.0 Å². The van der Waals surface area contributed by atoms with Crippen molar-refractivity contribution in [3.63, 3.8) is 0 Å². The van der Waals surface area contributed by atoms with Gasteiger partial charge < -0.3 is 8.98 Å². The van der Waals surface area contributed by atoms with Crippen LogP contribution in [0, 0.1) is 0 Å². The van der Waals surface area contributed by atoms with Gasteiger partial charge in [-0.3, -0.25) is 0 Å². The first-order valence-electron chi connectivity index (χ1n) is 18.9. The van der Waals surface area contributed by atoms with E-state index < -0.39 is 7.14 Å². The van der Waals surface area contributed by atoms with Crippen LogP contribution in [0.3, 0.4) is 0 Å². The summed E-state index contributed by atoms with van der Waals surface area (Å²) in [4.78, 5) is 14.9. The van der Waals surface area contributed by atoms with Crippen LogP contribution in [0.4, 0.5) is 0 Å². The highest BCUT2D eigenvalue weighted by atomic mass is 31.2. The molecule has 0 spiro atoms. The molecule has 5 nitrogen and oxygen atoms in total. The highest BCUT2D eigenvalue weighted by molar-refractivity contribution is 7.85. The number of fused-ring (bicyclic) bond motifs is 3. The number of rotatable bonds is 8. The monoisotopic (exact) mass is 751 g/mol. The van der Waals surface area contributed by atoms with Crippen molar-refractivity contribution in [2.24, 2.45) is 0 Å². The molecule has 8 aromatic carbocycles. The topological polar surface area (TPSA) is 68.9 Å². The van der Waals surface area contributed by atoms with Gasteiger partial charge in [-0.25, -0.2) is 15.0 Å². The second-order valence-corrected chi connectivity index (χ2v) is 16.7. The lowest BCUT2D eigenvalue weighted by Gasteiger charge is -2.20. The van der Waals surface area contributed by atoms with E-state index in [2.05, 4.69) is 72.8 Å². The molecule has 2 aromatic heterocycles. The van der Waals surface area contributed by atoms with E-state index in [4.69, 9.17) is 19.4 Å². The lowest BCUT2D eigenvalue weighted by atomic mass is 9.99. The summed E-state index contributed by atoms with van der Waals surface area (Å²) < 4.78 is 21.2. The normalized spacial score (nSPS) is 11.6. The predicted octanol–water partition coefficient (Wildman–Crippen LogP) is 11.7. The minimum atomic E-state index is -3.03. The lowest BCUT2D eigenvalue weighted by Crippen LogP contribution is -2.24. The van der Waals surface area contributed by atoms with Gasteiger partial charge in [0, 0.05) is 37.8 Å². The Hall–Kier alpha value is -7.20. The van der Waals surface area contributed by atoms with Crippen LogP contribution in [0.2, 0.25) is 0 Å². The first-order valence-corrected chi connectivity index (χ1v) is 20.6. The third-order valence-corrected chi connectivity index (χ3v) is 13.6. The van der Waals surface area contributed by atoms with Crippen molar-refractivity contribution in [3.8, 4) is 56.4 Å². The summed E-state index contributed by atoms with van der Waals surface area (Å²) in [6.45, 7) is 0. The van der Waals surface area contributed by atoms with Crippen LogP contribution in [-0.2, 0) is 4.57 Å². The molecule has 0 amide bonds. The zero-order valence-corrected chi connectivity index (χ0v) is 31.6. The van der Waals surface area contributed by atoms with E-state index in [1.165, 1.54) is 0 Å². The fraction of sp³-hybridized carbons (Fsp3) is 0. The molecule has 2 heterocycles. The van der Waals surface area contributed by atoms with Gasteiger partial charge in [-0.2, -0.15) is 0 Å². The summed E-state index contributed by atoms with van der Waals surface area (Å²) >= 11 is 0. The van der Waals surface area contributed by atoms with E-state index in [9.17, 15) is 4.57 Å². The molecule has 0 saturated carbocycles. The molecule has 0 saturated heterocycles.